The van der Waals surface area contributed by atoms with E-state index in [1.165, 1.54) is 18.2 Å². The van der Waals surface area contributed by atoms with Crippen LogP contribution in [0.15, 0.2) is 36.4 Å². The fraction of sp³-hybridized carbons (Fsp3) is 0.798. The molecule has 0 aliphatic carbocycles. The van der Waals surface area contributed by atoms with Gasteiger partial charge in [0.25, 0.3) is 11.8 Å². The lowest BCUT2D eigenvalue weighted by Crippen LogP contribution is -2.68. The zero-order valence-electron chi connectivity index (χ0n) is 80.6. The van der Waals surface area contributed by atoms with Crippen LogP contribution in [-0.4, -0.2) is 562 Å². The summed E-state index contributed by atoms with van der Waals surface area (Å²) in [5.41, 5.74) is 1.36. The van der Waals surface area contributed by atoms with E-state index in [1.54, 1.807) is 25.1 Å². The first-order valence-electron chi connectivity index (χ1n) is 48.0. The van der Waals surface area contributed by atoms with E-state index >= 15 is 0 Å². The molecular formula is C89H139N5O54. The van der Waals surface area contributed by atoms with Crippen LogP contribution >= 0.6 is 0 Å². The van der Waals surface area contributed by atoms with Crippen LogP contribution in [0, 0.1) is 6.92 Å². The van der Waals surface area contributed by atoms with Crippen molar-refractivity contribution in [3.8, 4) is 28.4 Å². The molecule has 0 spiro atoms. The van der Waals surface area contributed by atoms with Gasteiger partial charge >= 0.3 is 0 Å². The smallest absolute Gasteiger partial charge is 0.257 e. The molecule has 59 nitrogen and oxygen atoms in total. The van der Waals surface area contributed by atoms with E-state index in [2.05, 4.69) is 26.6 Å². The van der Waals surface area contributed by atoms with Gasteiger partial charge in [0, 0.05) is 53.0 Å². The van der Waals surface area contributed by atoms with Gasteiger partial charge in [-0.25, -0.2) is 0 Å². The van der Waals surface area contributed by atoms with Crippen LogP contribution in [0.5, 0.6) is 17.2 Å². The zero-order chi connectivity index (χ0) is 108. The molecule has 18 unspecified atom stereocenters. The van der Waals surface area contributed by atoms with Gasteiger partial charge in [0.1, 0.15) is 243 Å². The lowest BCUT2D eigenvalue weighted by molar-refractivity contribution is -0.376. The maximum Gasteiger partial charge on any atom is 0.257 e. The molecule has 0 aromatic heterocycles. The van der Waals surface area contributed by atoms with E-state index in [0.717, 1.165) is 20.8 Å². The van der Waals surface area contributed by atoms with Crippen molar-refractivity contribution in [2.24, 2.45) is 0 Å². The predicted octanol–water partition coefficient (Wildman–Crippen LogP) is -17.6. The van der Waals surface area contributed by atoms with Gasteiger partial charge in [-0.1, -0.05) is 6.07 Å². The van der Waals surface area contributed by atoms with Crippen LogP contribution in [0.2, 0.25) is 0 Å². The topological polar surface area (TPSA) is 903 Å². The number of hydrogen-bond acceptors (Lipinski definition) is 54. The average Bonchev–Trinajstić information content (AvgIpc) is 0.775. The number of aliphatic hydroxyl groups is 27. The molecule has 0 radical (unpaired) electrons. The number of carbonyl (C=O) groups excluding carboxylic acids is 6. The molecule has 59 heteroatoms. The van der Waals surface area contributed by atoms with Crippen molar-refractivity contribution in [2.75, 3.05) is 112 Å². The first kappa shape index (κ1) is 121. The summed E-state index contributed by atoms with van der Waals surface area (Å²) in [6, 6.07) is 4.81. The maximum absolute atomic E-state index is 13.6. The number of aliphatic hydroxyl groups excluding tert-OH is 27. The fourth-order valence-corrected chi connectivity index (χ4v) is 17.9. The summed E-state index contributed by atoms with van der Waals surface area (Å²) in [5.74, 6) is -3.78. The molecule has 0 bridgehead atoms. The molecule has 9 aliphatic rings. The van der Waals surface area contributed by atoms with Crippen LogP contribution in [0.25, 0.3) is 11.1 Å². The molecule has 2 aromatic rings. The predicted molar refractivity (Wildman–Crippen MR) is 477 cm³/mol. The first-order valence-corrected chi connectivity index (χ1v) is 48.0. The van der Waals surface area contributed by atoms with Crippen molar-refractivity contribution in [1.82, 2.24) is 26.6 Å². The molecule has 0 saturated carbocycles. The van der Waals surface area contributed by atoms with Gasteiger partial charge in [-0.3, -0.25) is 28.8 Å². The van der Waals surface area contributed by atoms with Crippen molar-refractivity contribution in [3.05, 3.63) is 42.0 Å². The third kappa shape index (κ3) is 30.7. The highest BCUT2D eigenvalue weighted by atomic mass is 16.8. The number of carbonyl (C=O) groups is 6. The summed E-state index contributed by atoms with van der Waals surface area (Å²) >= 11 is 0. The molecule has 9 saturated heterocycles. The monoisotopic (exact) mass is 2140 g/mol. The molecular weight excluding hydrogens is 2000 g/mol. The number of Topliss-reactive ketones (excluding diaryl/α,β-unsaturated/α-hetero) is 1. The largest absolute Gasteiger partial charge is 0.486 e. The Morgan fingerprint density at radius 1 is 0.270 bits per heavy atom. The van der Waals surface area contributed by atoms with Crippen LogP contribution in [-0.2, 0) is 114 Å². The maximum atomic E-state index is 13.6. The number of aryl methyl sites for hydroxylation is 1. The summed E-state index contributed by atoms with van der Waals surface area (Å²) in [5, 5.41) is 301. The van der Waals surface area contributed by atoms with E-state index < -0.39 is 391 Å². The molecule has 45 atom stereocenters. The summed E-state index contributed by atoms with van der Waals surface area (Å²) in [6.07, 6.45) is -75.3. The lowest BCUT2D eigenvalue weighted by Gasteiger charge is -2.48. The average molecular weight is 2140 g/mol. The fourth-order valence-electron chi connectivity index (χ4n) is 17.9. The quantitative estimate of drug-likeness (QED) is 0.0274. The van der Waals surface area contributed by atoms with Gasteiger partial charge in [-0.2, -0.15) is 0 Å². The molecule has 11 rings (SSSR count). The molecule has 844 valence electrons. The van der Waals surface area contributed by atoms with Crippen LogP contribution in [0.4, 0.5) is 0 Å². The Balaban J connectivity index is 0.703. The number of unbranched alkanes of at least 4 members (excludes halogenated alkanes) is 1. The Morgan fingerprint density at radius 3 is 0.824 bits per heavy atom. The number of hydrogen-bond donors (Lipinski definition) is 32. The van der Waals surface area contributed by atoms with E-state index in [9.17, 15) is 167 Å². The van der Waals surface area contributed by atoms with E-state index in [0.29, 0.717) is 16.7 Å². The number of ketones is 1. The highest BCUT2D eigenvalue weighted by Gasteiger charge is 2.60. The minimum Gasteiger partial charge on any atom is -0.486 e. The highest BCUT2D eigenvalue weighted by Crippen LogP contribution is 2.41. The Labute approximate surface area is 843 Å². The summed E-state index contributed by atoms with van der Waals surface area (Å²) in [7, 11) is 0. The van der Waals surface area contributed by atoms with Gasteiger partial charge in [0.05, 0.1) is 72.7 Å². The van der Waals surface area contributed by atoms with Gasteiger partial charge in [0.2, 0.25) is 17.7 Å². The van der Waals surface area contributed by atoms with Crippen molar-refractivity contribution >= 4 is 35.3 Å². The molecule has 148 heavy (non-hydrogen) atoms. The van der Waals surface area contributed by atoms with E-state index in [-0.39, 0.29) is 82.3 Å². The molecule has 9 heterocycles. The second kappa shape index (κ2) is 57.0. The van der Waals surface area contributed by atoms with Gasteiger partial charge in [-0.05, 0) is 73.6 Å². The first-order chi connectivity index (χ1) is 70.5. The Morgan fingerprint density at radius 2 is 0.527 bits per heavy atom. The molecule has 2 aromatic carbocycles. The second-order valence-electron chi connectivity index (χ2n) is 36.8. The Bertz CT molecular complexity index is 4270. The van der Waals surface area contributed by atoms with Gasteiger partial charge < -0.3 is 264 Å². The molecule has 9 aliphatic heterocycles. The second-order valence-corrected chi connectivity index (χ2v) is 36.8. The third-order valence-corrected chi connectivity index (χ3v) is 25.8. The van der Waals surface area contributed by atoms with Gasteiger partial charge in [0.15, 0.2) is 75.6 Å². The third-order valence-electron chi connectivity index (χ3n) is 25.8. The van der Waals surface area contributed by atoms with Crippen LogP contribution in [0.3, 0.4) is 0 Å². The summed E-state index contributed by atoms with van der Waals surface area (Å²) < 4.78 is 122. The van der Waals surface area contributed by atoms with Crippen molar-refractivity contribution < 1.29 is 266 Å². The van der Waals surface area contributed by atoms with Crippen LogP contribution < -0.4 is 40.8 Å². The van der Waals surface area contributed by atoms with Crippen molar-refractivity contribution in [2.45, 2.75) is 336 Å². The SMILES string of the molecule is CC(=O)NC1[C@H](OCCCCC(=O)COc2cc(C)cc(-c3cc(OCC(=O)NCCCO[C@@H]4OC(CO)[C@@H](O[C@@H]5OC(CO)[C@H](O)[C@H](O[C@H]6OC(CO)[C@H](O)[C@H](O)C6O)C5O)[C@H](O)C4NC(C)=O)cc(OCC(=O)NCCCO[C@@H]4OC(CO)[C@@H](O[C@@H]5OC(CO)[C@H](O)[C@H](O[C@H]6OC(CO)[C@H](O)[C@H](O)C6O)C5O)[C@H](O)C4NC(C)=O)c3)c2)OC(CO)[C@@H](O[C@@H]2OC(CO)[C@H](O)[C@H](O[C@H]3OC(CO)[C@H](O)[C@H](O)C3O)C2O)[C@@H]1O. The zero-order valence-corrected chi connectivity index (χ0v) is 80.6. The summed E-state index contributed by atoms with van der Waals surface area (Å²) in [6.45, 7) is -5.88. The molecule has 5 amide bonds. The number of nitrogens with one attached hydrogen (secondary N) is 5. The highest BCUT2D eigenvalue weighted by molar-refractivity contribution is 5.80. The Hall–Kier alpha value is -6.94. The standard InChI is InChI=1S/C89H139N5O54/c1-33-15-37(17-40(16-33)131-30-39(107)9-5-6-12-128-81-54(92-34(2)104)63(116)75(49(27-101)140-81)143-87-72(125)78(60(113)46(24-98)137-87)146-84-69(122)66(119)57(110)43(21-95)134-84)38-18-41(132-31-52(108)90-10-7-13-129-82-55(93-35(3)105)64(117)76(50(28-102)141-82)144-88-73(126)79(61(114)47(25-99)138-88)147-85-70(123)67(120)58(111)44(22-96)135-85)20-42(19-38)133-32-53(109)91-11-8-14-130-83-56(94-36(4)106)65(118)77(51(29-103)142-83)145-89-74(127)80(62(115)48(26-100)139-89)148-86-71(124)68(121)59(112)45(23-97)136-86/h15-20,43-51,54-89,95-103,110-127H,5-14,21-32H2,1-4H3,(H,90,108)(H,91,109)(H,92,104)(H,93,105)(H,94,106)/t43?,44?,45?,46?,47?,48?,49?,50?,51?,54?,55?,56?,57-,58-,59-,60-,61-,62-,63+,64+,65+,66-,67-,68-,69?,70?,71?,72?,73?,74?,75+,76+,77+,78-,79-,80-,81+,82+,83+,84+,85+,86+,87-,88-,89-/m0/s1. The normalized spacial score (nSPS) is 39.7. The van der Waals surface area contributed by atoms with Crippen LogP contribution in [0.1, 0.15) is 58.4 Å². The molecule has 9 fully saturated rings. The summed E-state index contributed by atoms with van der Waals surface area (Å²) in [4.78, 5) is 78.6. The number of benzene rings is 2. The molecule has 32 N–H and O–H groups in total. The Kier molecular flexibility index (Phi) is 46.7. The minimum absolute atomic E-state index is 0.00632. The van der Waals surface area contributed by atoms with Crippen molar-refractivity contribution in [3.63, 3.8) is 0 Å². The lowest BCUT2D eigenvalue weighted by atomic mass is 9.95. The number of rotatable bonds is 50. The van der Waals surface area contributed by atoms with E-state index in [4.69, 9.17) is 99.5 Å². The number of ether oxygens (including phenoxy) is 21. The van der Waals surface area contributed by atoms with Gasteiger partial charge in [-0.15, -0.1) is 0 Å². The number of amides is 5. The van der Waals surface area contributed by atoms with Crippen molar-refractivity contribution in [1.29, 1.82) is 0 Å². The minimum atomic E-state index is -2.09. The van der Waals surface area contributed by atoms with E-state index in [1.807, 2.05) is 0 Å².